The highest BCUT2D eigenvalue weighted by molar-refractivity contribution is 6.45. The lowest BCUT2D eigenvalue weighted by Gasteiger charge is -2.37. The van der Waals surface area contributed by atoms with Crippen molar-refractivity contribution in [2.45, 2.75) is 142 Å². The smallest absolute Gasteiger partial charge is 0.303 e. The number of hydrogen-bond acceptors (Lipinski definition) is 1. The van der Waals surface area contributed by atoms with E-state index in [2.05, 4.69) is 6.92 Å². The molecular formula is C24H42Cl6O2. The molecule has 1 aliphatic rings. The zero-order valence-corrected chi connectivity index (χ0v) is 23.9. The largest absolute Gasteiger partial charge is 0.481 e. The first-order valence-corrected chi connectivity index (χ1v) is 14.9. The highest BCUT2D eigenvalue weighted by Gasteiger charge is 2.46. The van der Waals surface area contributed by atoms with Gasteiger partial charge in [0.05, 0.1) is 32.3 Å². The van der Waals surface area contributed by atoms with Crippen molar-refractivity contribution in [1.82, 2.24) is 0 Å². The molecule has 0 amide bonds. The number of carboxylic acids is 1. The second-order valence-electron chi connectivity index (χ2n) is 8.76. The van der Waals surface area contributed by atoms with Crippen LogP contribution in [0.1, 0.15) is 110 Å². The van der Waals surface area contributed by atoms with Gasteiger partial charge in [0.1, 0.15) is 0 Å². The van der Waals surface area contributed by atoms with Crippen molar-refractivity contribution in [1.29, 1.82) is 0 Å². The lowest BCUT2D eigenvalue weighted by molar-refractivity contribution is -0.137. The summed E-state index contributed by atoms with van der Waals surface area (Å²) in [4.78, 5) is 10.3. The maximum atomic E-state index is 10.3. The zero-order valence-electron chi connectivity index (χ0n) is 19.4. The molecule has 1 fully saturated rings. The van der Waals surface area contributed by atoms with Crippen molar-refractivity contribution in [2.75, 3.05) is 0 Å². The fourth-order valence-corrected chi connectivity index (χ4v) is 6.03. The molecule has 0 bridgehead atoms. The highest BCUT2D eigenvalue weighted by Crippen LogP contribution is 2.39. The van der Waals surface area contributed by atoms with Crippen LogP contribution in [0, 0.1) is 0 Å². The molecule has 0 unspecified atom stereocenters. The quantitative estimate of drug-likeness (QED) is 0.147. The number of hydrogen-bond donors (Lipinski definition) is 1. The SMILES string of the molecule is CCCCCCCCCCCCCCCCCC(=O)O.Cl[C@H]1[C@H](Cl)[C@@H](Cl)[C@@H](Cl)[C@H](Cl)[C@H]1Cl. The average Bonchev–Trinajstić information content (AvgIpc) is 2.78. The summed E-state index contributed by atoms with van der Waals surface area (Å²) in [5.74, 6) is -0.653. The van der Waals surface area contributed by atoms with Gasteiger partial charge in [0.15, 0.2) is 0 Å². The minimum Gasteiger partial charge on any atom is -0.481 e. The number of aliphatic carboxylic acids is 1. The number of carboxylic acid groups (broad SMARTS) is 1. The van der Waals surface area contributed by atoms with Gasteiger partial charge in [0.2, 0.25) is 0 Å². The van der Waals surface area contributed by atoms with E-state index in [4.69, 9.17) is 74.7 Å². The Balaban J connectivity index is 0.000000677. The summed E-state index contributed by atoms with van der Waals surface area (Å²) in [6.07, 6.45) is 20.2. The van der Waals surface area contributed by atoms with Gasteiger partial charge in [0, 0.05) is 6.42 Å². The number of halogens is 6. The molecule has 0 saturated heterocycles. The normalized spacial score (nSPS) is 27.6. The van der Waals surface area contributed by atoms with E-state index < -0.39 is 38.2 Å². The van der Waals surface area contributed by atoms with E-state index in [1.807, 2.05) is 0 Å². The molecule has 2 nitrogen and oxygen atoms in total. The summed E-state index contributed by atoms with van der Waals surface area (Å²) in [6, 6.07) is 0. The first kappa shape index (κ1) is 33.2. The van der Waals surface area contributed by atoms with Crippen LogP contribution < -0.4 is 0 Å². The van der Waals surface area contributed by atoms with E-state index in [-0.39, 0.29) is 0 Å². The summed E-state index contributed by atoms with van der Waals surface area (Å²) in [6.45, 7) is 2.27. The number of alkyl halides is 6. The Morgan fingerprint density at radius 1 is 0.500 bits per heavy atom. The van der Waals surface area contributed by atoms with Gasteiger partial charge in [-0.1, -0.05) is 96.8 Å². The topological polar surface area (TPSA) is 37.3 Å². The average molecular weight is 575 g/mol. The van der Waals surface area contributed by atoms with E-state index in [1.54, 1.807) is 0 Å². The Kier molecular flexibility index (Phi) is 22.3. The Morgan fingerprint density at radius 3 is 0.938 bits per heavy atom. The van der Waals surface area contributed by atoms with Gasteiger partial charge >= 0.3 is 5.97 Å². The first-order chi connectivity index (χ1) is 15.2. The Bertz CT molecular complexity index is 396. The number of carbonyl (C=O) groups is 1. The lowest BCUT2D eigenvalue weighted by Crippen LogP contribution is -2.52. The summed E-state index contributed by atoms with van der Waals surface area (Å²) < 4.78 is 0. The van der Waals surface area contributed by atoms with E-state index >= 15 is 0 Å². The summed E-state index contributed by atoms with van der Waals surface area (Å²) in [7, 11) is 0. The standard InChI is InChI=1S/C18H36O2.C6H6Cl6/c1-2-3-4-5-6-7-8-9-10-11-12-13-14-15-16-17-18(19)20;7-1-2(8)4(10)6(12)5(11)3(1)9/h2-17H2,1H3,(H,19,20);1-6H/t;1-,2-,3-,4+,5+,6+. The zero-order chi connectivity index (χ0) is 24.4. The second-order valence-corrected chi connectivity index (χ2v) is 11.8. The molecule has 1 aliphatic carbocycles. The summed E-state index contributed by atoms with van der Waals surface area (Å²) in [5, 5.41) is 5.90. The maximum Gasteiger partial charge on any atom is 0.303 e. The van der Waals surface area contributed by atoms with Crippen molar-refractivity contribution in [3.05, 3.63) is 0 Å². The monoisotopic (exact) mass is 572 g/mol. The van der Waals surface area contributed by atoms with Crippen molar-refractivity contribution in [3.63, 3.8) is 0 Å². The Labute approximate surface area is 226 Å². The van der Waals surface area contributed by atoms with Gasteiger partial charge in [-0.2, -0.15) is 0 Å². The molecule has 1 saturated carbocycles. The van der Waals surface area contributed by atoms with Crippen molar-refractivity contribution in [2.24, 2.45) is 0 Å². The predicted molar refractivity (Wildman–Crippen MR) is 145 cm³/mol. The predicted octanol–water partition coefficient (Wildman–Crippen LogP) is 9.98. The second kappa shape index (κ2) is 21.5. The van der Waals surface area contributed by atoms with Crippen LogP contribution in [0.2, 0.25) is 0 Å². The van der Waals surface area contributed by atoms with Gasteiger partial charge in [-0.25, -0.2) is 0 Å². The minimum atomic E-state index is -0.653. The Hall–Kier alpha value is 1.21. The molecule has 1 rings (SSSR count). The number of unbranched alkanes of at least 4 members (excludes halogenated alkanes) is 14. The van der Waals surface area contributed by atoms with E-state index in [0.717, 1.165) is 12.8 Å². The van der Waals surface area contributed by atoms with Crippen LogP contribution in [0.5, 0.6) is 0 Å². The molecule has 0 atom stereocenters. The van der Waals surface area contributed by atoms with Gasteiger partial charge in [-0.3, -0.25) is 4.79 Å². The molecule has 0 aromatic carbocycles. The molecule has 32 heavy (non-hydrogen) atoms. The first-order valence-electron chi connectivity index (χ1n) is 12.3. The van der Waals surface area contributed by atoms with Crippen molar-refractivity contribution in [3.8, 4) is 0 Å². The fourth-order valence-electron chi connectivity index (χ4n) is 3.70. The van der Waals surface area contributed by atoms with Crippen LogP contribution in [0.4, 0.5) is 0 Å². The van der Waals surface area contributed by atoms with Crippen LogP contribution in [-0.2, 0) is 4.79 Å². The Morgan fingerprint density at radius 2 is 0.719 bits per heavy atom. The molecule has 0 radical (unpaired) electrons. The fraction of sp³-hybridized carbons (Fsp3) is 0.958. The molecular weight excluding hydrogens is 533 g/mol. The third-order valence-electron chi connectivity index (χ3n) is 5.82. The van der Waals surface area contributed by atoms with Gasteiger partial charge in [0.25, 0.3) is 0 Å². The molecule has 8 heteroatoms. The molecule has 0 heterocycles. The van der Waals surface area contributed by atoms with Crippen LogP contribution >= 0.6 is 69.6 Å². The van der Waals surface area contributed by atoms with Gasteiger partial charge < -0.3 is 5.11 Å². The highest BCUT2D eigenvalue weighted by atomic mass is 35.5. The minimum absolute atomic E-state index is 0.345. The maximum absolute atomic E-state index is 10.3. The number of rotatable bonds is 16. The summed E-state index contributed by atoms with van der Waals surface area (Å²) in [5.41, 5.74) is 0. The van der Waals surface area contributed by atoms with E-state index in [1.165, 1.54) is 83.5 Å². The van der Waals surface area contributed by atoms with Gasteiger partial charge in [-0.15, -0.1) is 69.6 Å². The van der Waals surface area contributed by atoms with Gasteiger partial charge in [-0.05, 0) is 6.42 Å². The van der Waals surface area contributed by atoms with E-state index in [0.29, 0.717) is 6.42 Å². The van der Waals surface area contributed by atoms with E-state index in [9.17, 15) is 4.79 Å². The molecule has 0 aromatic rings. The lowest BCUT2D eigenvalue weighted by atomic mass is 9.97. The molecule has 0 aromatic heterocycles. The van der Waals surface area contributed by atoms with Crippen LogP contribution in [0.3, 0.4) is 0 Å². The van der Waals surface area contributed by atoms with Crippen LogP contribution in [0.25, 0.3) is 0 Å². The molecule has 0 spiro atoms. The molecule has 1 N–H and O–H groups in total. The van der Waals surface area contributed by atoms with Crippen molar-refractivity contribution >= 4 is 75.6 Å². The summed E-state index contributed by atoms with van der Waals surface area (Å²) >= 11 is 35.3. The molecule has 0 aliphatic heterocycles. The third-order valence-corrected chi connectivity index (χ3v) is 9.85. The van der Waals surface area contributed by atoms with Crippen LogP contribution in [0.15, 0.2) is 0 Å². The third kappa shape index (κ3) is 16.0. The molecule has 192 valence electrons. The van der Waals surface area contributed by atoms with Crippen molar-refractivity contribution < 1.29 is 9.90 Å². The van der Waals surface area contributed by atoms with Crippen LogP contribution in [-0.4, -0.2) is 43.3 Å².